The number of aromatic amines is 1. The van der Waals surface area contributed by atoms with Gasteiger partial charge in [-0.2, -0.15) is 0 Å². The second-order valence-corrected chi connectivity index (χ2v) is 5.75. The SMILES string of the molecule is O=C(Nc1cc(C2CCNCC2)c[nH]1)c1cccs1. The van der Waals surface area contributed by atoms with Crippen molar-refractivity contribution in [2.24, 2.45) is 0 Å². The predicted molar refractivity (Wildman–Crippen MR) is 77.9 cm³/mol. The first kappa shape index (κ1) is 12.4. The van der Waals surface area contributed by atoms with Gasteiger partial charge in [0.2, 0.25) is 0 Å². The maximum Gasteiger partial charge on any atom is 0.266 e. The Hall–Kier alpha value is -1.59. The summed E-state index contributed by atoms with van der Waals surface area (Å²) in [6.07, 6.45) is 4.34. The van der Waals surface area contributed by atoms with Gasteiger partial charge < -0.3 is 15.6 Å². The van der Waals surface area contributed by atoms with Crippen molar-refractivity contribution in [1.82, 2.24) is 10.3 Å². The van der Waals surface area contributed by atoms with E-state index in [1.54, 1.807) is 0 Å². The Kier molecular flexibility index (Phi) is 3.66. The molecule has 1 aliphatic heterocycles. The normalized spacial score (nSPS) is 16.4. The zero-order chi connectivity index (χ0) is 13.1. The zero-order valence-corrected chi connectivity index (χ0v) is 11.4. The van der Waals surface area contributed by atoms with Crippen LogP contribution in [0.3, 0.4) is 0 Å². The Morgan fingerprint density at radius 3 is 2.95 bits per heavy atom. The van der Waals surface area contributed by atoms with Gasteiger partial charge in [0.25, 0.3) is 5.91 Å². The second kappa shape index (κ2) is 5.59. The molecule has 3 heterocycles. The minimum absolute atomic E-state index is 0.0475. The zero-order valence-electron chi connectivity index (χ0n) is 10.6. The van der Waals surface area contributed by atoms with Crippen LogP contribution in [0.1, 0.15) is 34.0 Å². The maximum absolute atomic E-state index is 11.9. The van der Waals surface area contributed by atoms with Crippen LogP contribution in [0.2, 0.25) is 0 Å². The molecular formula is C14H17N3OS. The maximum atomic E-state index is 11.9. The van der Waals surface area contributed by atoms with E-state index in [9.17, 15) is 4.79 Å². The standard InChI is InChI=1S/C14H17N3OS/c18-14(12-2-1-7-19-12)17-13-8-11(9-16-13)10-3-5-15-6-4-10/h1-2,7-10,15-16H,3-6H2,(H,17,18). The van der Waals surface area contributed by atoms with Crippen molar-refractivity contribution in [3.05, 3.63) is 40.2 Å². The summed E-state index contributed by atoms with van der Waals surface area (Å²) in [5.74, 6) is 1.34. The Morgan fingerprint density at radius 1 is 1.37 bits per heavy atom. The molecule has 0 saturated carbocycles. The van der Waals surface area contributed by atoms with E-state index in [1.165, 1.54) is 16.9 Å². The number of carbonyl (C=O) groups is 1. The van der Waals surface area contributed by atoms with Crippen molar-refractivity contribution in [2.75, 3.05) is 18.4 Å². The van der Waals surface area contributed by atoms with Gasteiger partial charge >= 0.3 is 0 Å². The van der Waals surface area contributed by atoms with Crippen molar-refractivity contribution in [3.63, 3.8) is 0 Å². The molecule has 4 nitrogen and oxygen atoms in total. The molecule has 0 radical (unpaired) electrons. The van der Waals surface area contributed by atoms with E-state index in [0.717, 1.165) is 36.6 Å². The molecule has 1 fully saturated rings. The molecule has 0 unspecified atom stereocenters. The molecule has 1 saturated heterocycles. The number of nitrogens with one attached hydrogen (secondary N) is 3. The van der Waals surface area contributed by atoms with Crippen LogP contribution in [0, 0.1) is 0 Å². The molecule has 19 heavy (non-hydrogen) atoms. The largest absolute Gasteiger partial charge is 0.348 e. The topological polar surface area (TPSA) is 56.9 Å². The van der Waals surface area contributed by atoms with Crippen LogP contribution in [0.15, 0.2) is 29.8 Å². The quantitative estimate of drug-likeness (QED) is 0.806. The van der Waals surface area contributed by atoms with Gasteiger partial charge in [0.1, 0.15) is 5.82 Å². The number of hydrogen-bond donors (Lipinski definition) is 3. The van der Waals surface area contributed by atoms with Crippen LogP contribution < -0.4 is 10.6 Å². The number of carbonyl (C=O) groups excluding carboxylic acids is 1. The van der Waals surface area contributed by atoms with Gasteiger partial charge in [0.05, 0.1) is 4.88 Å². The Morgan fingerprint density at radius 2 is 2.21 bits per heavy atom. The Labute approximate surface area is 116 Å². The molecular weight excluding hydrogens is 258 g/mol. The van der Waals surface area contributed by atoms with E-state index >= 15 is 0 Å². The Bertz CT molecular complexity index is 541. The third kappa shape index (κ3) is 2.88. The lowest BCUT2D eigenvalue weighted by Gasteiger charge is -2.21. The summed E-state index contributed by atoms with van der Waals surface area (Å²) in [7, 11) is 0. The summed E-state index contributed by atoms with van der Waals surface area (Å²) in [5.41, 5.74) is 1.29. The van der Waals surface area contributed by atoms with Crippen LogP contribution in [-0.2, 0) is 0 Å². The smallest absolute Gasteiger partial charge is 0.266 e. The third-order valence-corrected chi connectivity index (χ3v) is 4.38. The lowest BCUT2D eigenvalue weighted by molar-refractivity contribution is 0.103. The number of anilines is 1. The first-order chi connectivity index (χ1) is 9.33. The van der Waals surface area contributed by atoms with Gasteiger partial charge in [0.15, 0.2) is 0 Å². The van der Waals surface area contributed by atoms with E-state index in [1.807, 2.05) is 23.7 Å². The highest BCUT2D eigenvalue weighted by atomic mass is 32.1. The molecule has 3 N–H and O–H groups in total. The number of piperidine rings is 1. The summed E-state index contributed by atoms with van der Waals surface area (Å²) < 4.78 is 0. The molecule has 0 aromatic carbocycles. The fraction of sp³-hybridized carbons (Fsp3) is 0.357. The van der Waals surface area contributed by atoms with Gasteiger partial charge in [-0.3, -0.25) is 4.79 Å². The molecule has 2 aromatic rings. The van der Waals surface area contributed by atoms with Crippen LogP contribution in [-0.4, -0.2) is 24.0 Å². The first-order valence-electron chi connectivity index (χ1n) is 6.57. The van der Waals surface area contributed by atoms with Gasteiger partial charge in [-0.1, -0.05) is 6.07 Å². The summed E-state index contributed by atoms with van der Waals surface area (Å²) in [6, 6.07) is 5.77. The van der Waals surface area contributed by atoms with Gasteiger partial charge in [-0.15, -0.1) is 11.3 Å². The number of H-pyrrole nitrogens is 1. The number of hydrogen-bond acceptors (Lipinski definition) is 3. The molecule has 0 aliphatic carbocycles. The Balaban J connectivity index is 1.66. The molecule has 5 heteroatoms. The van der Waals surface area contributed by atoms with E-state index < -0.39 is 0 Å². The summed E-state index contributed by atoms with van der Waals surface area (Å²) in [6.45, 7) is 2.15. The van der Waals surface area contributed by atoms with E-state index in [2.05, 4.69) is 21.7 Å². The molecule has 2 aromatic heterocycles. The highest BCUT2D eigenvalue weighted by Gasteiger charge is 2.17. The fourth-order valence-corrected chi connectivity index (χ4v) is 3.08. The van der Waals surface area contributed by atoms with Crippen molar-refractivity contribution in [3.8, 4) is 0 Å². The van der Waals surface area contributed by atoms with Crippen LogP contribution in [0.25, 0.3) is 0 Å². The average molecular weight is 275 g/mol. The molecule has 0 atom stereocenters. The summed E-state index contributed by atoms with van der Waals surface area (Å²) in [4.78, 5) is 15.8. The molecule has 100 valence electrons. The van der Waals surface area contributed by atoms with E-state index in [-0.39, 0.29) is 5.91 Å². The number of aromatic nitrogens is 1. The van der Waals surface area contributed by atoms with Crippen molar-refractivity contribution in [1.29, 1.82) is 0 Å². The molecule has 3 rings (SSSR count). The summed E-state index contributed by atoms with van der Waals surface area (Å²) in [5, 5.41) is 8.17. The van der Waals surface area contributed by atoms with Crippen LogP contribution in [0.4, 0.5) is 5.82 Å². The fourth-order valence-electron chi connectivity index (χ4n) is 2.47. The van der Waals surface area contributed by atoms with Crippen molar-refractivity contribution < 1.29 is 4.79 Å². The highest BCUT2D eigenvalue weighted by Crippen LogP contribution is 2.27. The minimum atomic E-state index is -0.0475. The lowest BCUT2D eigenvalue weighted by atomic mass is 9.92. The number of amides is 1. The van der Waals surface area contributed by atoms with Crippen LogP contribution in [0.5, 0.6) is 0 Å². The van der Waals surface area contributed by atoms with E-state index in [0.29, 0.717) is 5.92 Å². The number of rotatable bonds is 3. The predicted octanol–water partition coefficient (Wildman–Crippen LogP) is 2.80. The molecule has 1 amide bonds. The average Bonchev–Trinajstić information content (AvgIpc) is 3.11. The van der Waals surface area contributed by atoms with Crippen LogP contribution >= 0.6 is 11.3 Å². The third-order valence-electron chi connectivity index (χ3n) is 3.51. The van der Waals surface area contributed by atoms with Gasteiger partial charge in [-0.25, -0.2) is 0 Å². The number of thiophene rings is 1. The first-order valence-corrected chi connectivity index (χ1v) is 7.45. The summed E-state index contributed by atoms with van der Waals surface area (Å²) >= 11 is 1.45. The van der Waals surface area contributed by atoms with Crippen molar-refractivity contribution >= 4 is 23.1 Å². The highest BCUT2D eigenvalue weighted by molar-refractivity contribution is 7.12. The van der Waals surface area contributed by atoms with Gasteiger partial charge in [-0.05, 0) is 54.9 Å². The lowest BCUT2D eigenvalue weighted by Crippen LogP contribution is -2.26. The molecule has 0 bridgehead atoms. The van der Waals surface area contributed by atoms with E-state index in [4.69, 9.17) is 0 Å². The van der Waals surface area contributed by atoms with Crippen molar-refractivity contribution in [2.45, 2.75) is 18.8 Å². The second-order valence-electron chi connectivity index (χ2n) is 4.80. The molecule has 1 aliphatic rings. The molecule has 0 spiro atoms. The van der Waals surface area contributed by atoms with Gasteiger partial charge in [0, 0.05) is 6.20 Å². The monoisotopic (exact) mass is 275 g/mol. The minimum Gasteiger partial charge on any atom is -0.348 e.